The number of urea groups is 1. The fourth-order valence-corrected chi connectivity index (χ4v) is 3.01. The van der Waals surface area contributed by atoms with E-state index in [0.717, 1.165) is 29.4 Å². The maximum absolute atomic E-state index is 12.8. The number of benzene rings is 2. The number of halogens is 4. The van der Waals surface area contributed by atoms with E-state index in [9.17, 15) is 18.0 Å². The summed E-state index contributed by atoms with van der Waals surface area (Å²) in [6.07, 6.45) is -3.81. The maximum atomic E-state index is 12.8. The molecule has 0 aliphatic carbocycles. The first-order valence-electron chi connectivity index (χ1n) is 7.32. The second-order valence-electron chi connectivity index (χ2n) is 5.67. The molecular weight excluding hydrogens is 341 g/mol. The Labute approximate surface area is 142 Å². The molecule has 24 heavy (non-hydrogen) atoms. The molecule has 2 aromatic rings. The number of amides is 2. The molecule has 0 saturated heterocycles. The van der Waals surface area contributed by atoms with Crippen LogP contribution >= 0.6 is 11.6 Å². The zero-order valence-corrected chi connectivity index (χ0v) is 13.4. The molecule has 1 heterocycles. The van der Waals surface area contributed by atoms with E-state index in [1.54, 1.807) is 0 Å². The third-order valence-corrected chi connectivity index (χ3v) is 4.29. The van der Waals surface area contributed by atoms with Crippen LogP contribution in [0.25, 0.3) is 0 Å². The molecule has 1 aliphatic heterocycles. The van der Waals surface area contributed by atoms with Gasteiger partial charge in [-0.2, -0.15) is 13.2 Å². The van der Waals surface area contributed by atoms with Crippen LogP contribution in [0.1, 0.15) is 18.1 Å². The number of hydrogen-bond donors (Lipinski definition) is 1. The highest BCUT2D eigenvalue weighted by molar-refractivity contribution is 6.33. The summed E-state index contributed by atoms with van der Waals surface area (Å²) in [6, 6.07) is 9.69. The summed E-state index contributed by atoms with van der Waals surface area (Å²) >= 11 is 5.93. The van der Waals surface area contributed by atoms with Crippen LogP contribution < -0.4 is 10.2 Å². The van der Waals surface area contributed by atoms with E-state index < -0.39 is 17.8 Å². The van der Waals surface area contributed by atoms with Crippen LogP contribution in [-0.2, 0) is 12.6 Å². The van der Waals surface area contributed by atoms with Gasteiger partial charge in [0.2, 0.25) is 0 Å². The van der Waals surface area contributed by atoms with Crippen molar-refractivity contribution in [1.29, 1.82) is 0 Å². The summed E-state index contributed by atoms with van der Waals surface area (Å²) in [6.45, 7) is 1.88. The van der Waals surface area contributed by atoms with Gasteiger partial charge in [0.1, 0.15) is 0 Å². The lowest BCUT2D eigenvalue weighted by Gasteiger charge is -2.23. The number of hydrogen-bond acceptors (Lipinski definition) is 1. The molecule has 0 aromatic heterocycles. The van der Waals surface area contributed by atoms with Gasteiger partial charge in [0, 0.05) is 11.7 Å². The van der Waals surface area contributed by atoms with Gasteiger partial charge in [-0.05, 0) is 43.2 Å². The van der Waals surface area contributed by atoms with Crippen LogP contribution in [0.4, 0.5) is 29.3 Å². The van der Waals surface area contributed by atoms with Gasteiger partial charge in [-0.1, -0.05) is 29.8 Å². The molecule has 1 aliphatic rings. The number of nitrogens with one attached hydrogen (secondary N) is 1. The highest BCUT2D eigenvalue weighted by atomic mass is 35.5. The van der Waals surface area contributed by atoms with Crippen molar-refractivity contribution in [3.05, 3.63) is 58.6 Å². The van der Waals surface area contributed by atoms with Gasteiger partial charge in [-0.25, -0.2) is 4.79 Å². The fraction of sp³-hybridized carbons (Fsp3) is 0.235. The number of para-hydroxylation sites is 1. The van der Waals surface area contributed by atoms with Crippen LogP contribution in [0.15, 0.2) is 42.5 Å². The van der Waals surface area contributed by atoms with Crippen molar-refractivity contribution in [2.24, 2.45) is 0 Å². The van der Waals surface area contributed by atoms with E-state index in [2.05, 4.69) is 5.32 Å². The third kappa shape index (κ3) is 3.06. The molecule has 0 bridgehead atoms. The van der Waals surface area contributed by atoms with Crippen molar-refractivity contribution in [2.45, 2.75) is 25.6 Å². The molecule has 1 N–H and O–H groups in total. The van der Waals surface area contributed by atoms with E-state index in [-0.39, 0.29) is 16.8 Å². The van der Waals surface area contributed by atoms with Gasteiger partial charge < -0.3 is 5.32 Å². The zero-order chi connectivity index (χ0) is 17.5. The number of carbonyl (C=O) groups is 1. The molecule has 126 valence electrons. The van der Waals surface area contributed by atoms with Gasteiger partial charge in [-0.3, -0.25) is 4.90 Å². The summed E-state index contributed by atoms with van der Waals surface area (Å²) in [5.74, 6) is 0. The Morgan fingerprint density at radius 3 is 2.67 bits per heavy atom. The first-order valence-corrected chi connectivity index (χ1v) is 7.70. The topological polar surface area (TPSA) is 32.3 Å². The van der Waals surface area contributed by atoms with Crippen LogP contribution in [0.5, 0.6) is 0 Å². The van der Waals surface area contributed by atoms with Crippen molar-refractivity contribution in [1.82, 2.24) is 0 Å². The lowest BCUT2D eigenvalue weighted by Crippen LogP contribution is -2.39. The van der Waals surface area contributed by atoms with E-state index in [0.29, 0.717) is 6.42 Å². The minimum absolute atomic E-state index is 0.0523. The molecule has 3 rings (SSSR count). The average molecular weight is 355 g/mol. The molecule has 2 aromatic carbocycles. The predicted octanol–water partition coefficient (Wildman–Crippen LogP) is 5.34. The Morgan fingerprint density at radius 1 is 1.25 bits per heavy atom. The van der Waals surface area contributed by atoms with Gasteiger partial charge in [-0.15, -0.1) is 0 Å². The number of fused-ring (bicyclic) bond motifs is 1. The van der Waals surface area contributed by atoms with Gasteiger partial charge >= 0.3 is 12.2 Å². The normalized spacial score (nSPS) is 16.9. The van der Waals surface area contributed by atoms with E-state index in [4.69, 9.17) is 11.6 Å². The lowest BCUT2D eigenvalue weighted by atomic mass is 10.1. The second kappa shape index (κ2) is 6.02. The first kappa shape index (κ1) is 16.6. The Balaban J connectivity index is 1.88. The van der Waals surface area contributed by atoms with Crippen molar-refractivity contribution in [3.8, 4) is 0 Å². The van der Waals surface area contributed by atoms with Crippen molar-refractivity contribution < 1.29 is 18.0 Å². The quantitative estimate of drug-likeness (QED) is 0.736. The SMILES string of the molecule is CC1Cc2ccccc2N1C(=O)Nc1cc(C(F)(F)F)ccc1Cl. The summed E-state index contributed by atoms with van der Waals surface area (Å²) in [5, 5.41) is 2.54. The Hall–Kier alpha value is -2.21. The van der Waals surface area contributed by atoms with Crippen molar-refractivity contribution >= 4 is 29.0 Å². The van der Waals surface area contributed by atoms with Crippen LogP contribution in [0.3, 0.4) is 0 Å². The van der Waals surface area contributed by atoms with E-state index in [1.165, 1.54) is 4.90 Å². The summed E-state index contributed by atoms with van der Waals surface area (Å²) in [4.78, 5) is 14.1. The molecule has 7 heteroatoms. The van der Waals surface area contributed by atoms with Crippen LogP contribution in [0, 0.1) is 0 Å². The smallest absolute Gasteiger partial charge is 0.306 e. The van der Waals surface area contributed by atoms with Gasteiger partial charge in [0.15, 0.2) is 0 Å². The third-order valence-electron chi connectivity index (χ3n) is 3.96. The molecular formula is C17H14ClF3N2O. The number of anilines is 2. The molecule has 0 radical (unpaired) electrons. The van der Waals surface area contributed by atoms with E-state index >= 15 is 0 Å². The minimum Gasteiger partial charge on any atom is -0.306 e. The molecule has 1 unspecified atom stereocenters. The largest absolute Gasteiger partial charge is 0.416 e. The second-order valence-corrected chi connectivity index (χ2v) is 6.08. The molecule has 1 atom stereocenters. The lowest BCUT2D eigenvalue weighted by molar-refractivity contribution is -0.137. The highest BCUT2D eigenvalue weighted by Crippen LogP contribution is 2.35. The van der Waals surface area contributed by atoms with Gasteiger partial charge in [0.25, 0.3) is 0 Å². The summed E-state index contributed by atoms with van der Waals surface area (Å²) < 4.78 is 38.5. The van der Waals surface area contributed by atoms with Gasteiger partial charge in [0.05, 0.1) is 16.3 Å². The number of carbonyl (C=O) groups excluding carboxylic acids is 1. The monoisotopic (exact) mass is 354 g/mol. The molecule has 0 spiro atoms. The fourth-order valence-electron chi connectivity index (χ4n) is 2.85. The minimum atomic E-state index is -4.50. The predicted molar refractivity (Wildman–Crippen MR) is 87.6 cm³/mol. The first-order chi connectivity index (χ1) is 11.3. The maximum Gasteiger partial charge on any atom is 0.416 e. The molecule has 0 saturated carbocycles. The number of nitrogens with zero attached hydrogens (tertiary/aromatic N) is 1. The Kier molecular flexibility index (Phi) is 4.17. The average Bonchev–Trinajstić information content (AvgIpc) is 2.84. The van der Waals surface area contributed by atoms with Crippen LogP contribution in [0.2, 0.25) is 5.02 Å². The molecule has 2 amide bonds. The number of rotatable bonds is 1. The van der Waals surface area contributed by atoms with Crippen molar-refractivity contribution in [3.63, 3.8) is 0 Å². The van der Waals surface area contributed by atoms with Crippen LogP contribution in [-0.4, -0.2) is 12.1 Å². The Morgan fingerprint density at radius 2 is 1.96 bits per heavy atom. The highest BCUT2D eigenvalue weighted by Gasteiger charge is 2.33. The summed E-state index contributed by atoms with van der Waals surface area (Å²) in [5.41, 5.74) is 0.853. The van der Waals surface area contributed by atoms with Crippen molar-refractivity contribution in [2.75, 3.05) is 10.2 Å². The Bertz CT molecular complexity index is 792. The number of alkyl halides is 3. The zero-order valence-electron chi connectivity index (χ0n) is 12.7. The molecule has 0 fully saturated rings. The summed E-state index contributed by atoms with van der Waals surface area (Å²) in [7, 11) is 0. The van der Waals surface area contributed by atoms with E-state index in [1.807, 2.05) is 31.2 Å². The molecule has 3 nitrogen and oxygen atoms in total. The standard InChI is InChI=1S/C17H14ClF3N2O/c1-10-8-11-4-2-3-5-15(11)23(10)16(24)22-14-9-12(17(19,20)21)6-7-13(14)18/h2-7,9-10H,8H2,1H3,(H,22,24).